The van der Waals surface area contributed by atoms with Crippen LogP contribution < -0.4 is 0 Å². The normalized spacial score (nSPS) is 12.5. The average molecular weight is 243 g/mol. The standard InChI is InChI=1S/C10H17N3O2S/c1-4-12(3)9(15)7(2)13-8(6-14)5-11-10(13)16/h5,7,14H,4,6H2,1-3H3,(H,11,16). The first-order valence-electron chi connectivity index (χ1n) is 5.17. The molecule has 0 spiro atoms. The molecule has 0 bridgehead atoms. The molecule has 0 aliphatic rings. The predicted octanol–water partition coefficient (Wildman–Crippen LogP) is 1.08. The Bertz CT molecular complexity index is 424. The Balaban J connectivity index is 3.04. The molecule has 0 aromatic carbocycles. The monoisotopic (exact) mass is 243 g/mol. The number of nitrogens with zero attached hydrogens (tertiary/aromatic N) is 2. The molecule has 16 heavy (non-hydrogen) atoms. The van der Waals surface area contributed by atoms with E-state index < -0.39 is 6.04 Å². The quantitative estimate of drug-likeness (QED) is 0.778. The first-order valence-corrected chi connectivity index (χ1v) is 5.58. The summed E-state index contributed by atoms with van der Waals surface area (Å²) in [6.45, 7) is 4.20. The lowest BCUT2D eigenvalue weighted by molar-refractivity contribution is -0.132. The summed E-state index contributed by atoms with van der Waals surface area (Å²) in [4.78, 5) is 16.4. The van der Waals surface area contributed by atoms with E-state index in [9.17, 15) is 4.79 Å². The molecule has 2 N–H and O–H groups in total. The number of aromatic nitrogens is 2. The minimum absolute atomic E-state index is 0.0205. The van der Waals surface area contributed by atoms with E-state index >= 15 is 0 Å². The predicted molar refractivity (Wildman–Crippen MR) is 63.6 cm³/mol. The van der Waals surface area contributed by atoms with Crippen molar-refractivity contribution in [2.24, 2.45) is 0 Å². The second kappa shape index (κ2) is 5.27. The second-order valence-electron chi connectivity index (χ2n) is 3.64. The minimum Gasteiger partial charge on any atom is -0.390 e. The molecule has 0 fully saturated rings. The first kappa shape index (κ1) is 12.9. The van der Waals surface area contributed by atoms with E-state index in [-0.39, 0.29) is 12.5 Å². The van der Waals surface area contributed by atoms with Crippen LogP contribution >= 0.6 is 12.2 Å². The molecule has 0 saturated carbocycles. The summed E-state index contributed by atoms with van der Waals surface area (Å²) in [7, 11) is 1.74. The van der Waals surface area contributed by atoms with E-state index in [0.717, 1.165) is 0 Å². The van der Waals surface area contributed by atoms with E-state index in [0.29, 0.717) is 17.0 Å². The maximum Gasteiger partial charge on any atom is 0.245 e. The van der Waals surface area contributed by atoms with Gasteiger partial charge in [0.2, 0.25) is 5.91 Å². The SMILES string of the molecule is CCN(C)C(=O)C(C)n1c(CO)c[nH]c1=S. The molecule has 1 heterocycles. The highest BCUT2D eigenvalue weighted by Crippen LogP contribution is 2.14. The Morgan fingerprint density at radius 1 is 1.75 bits per heavy atom. The fourth-order valence-corrected chi connectivity index (χ4v) is 1.88. The summed E-state index contributed by atoms with van der Waals surface area (Å²) in [5, 5.41) is 9.15. The molecule has 90 valence electrons. The number of aliphatic hydroxyl groups excluding tert-OH is 1. The number of likely N-dealkylation sites (N-methyl/N-ethyl adjacent to an activating group) is 1. The lowest BCUT2D eigenvalue weighted by atomic mass is 10.2. The molecule has 0 saturated heterocycles. The molecule has 1 amide bonds. The molecule has 0 radical (unpaired) electrons. The van der Waals surface area contributed by atoms with Gasteiger partial charge in [0.1, 0.15) is 6.04 Å². The van der Waals surface area contributed by atoms with Crippen LogP contribution in [0, 0.1) is 4.77 Å². The van der Waals surface area contributed by atoms with Gasteiger partial charge in [-0.25, -0.2) is 0 Å². The van der Waals surface area contributed by atoms with Gasteiger partial charge in [-0.1, -0.05) is 0 Å². The maximum atomic E-state index is 12.0. The fraction of sp³-hybridized carbons (Fsp3) is 0.600. The van der Waals surface area contributed by atoms with E-state index in [2.05, 4.69) is 4.98 Å². The van der Waals surface area contributed by atoms with Crippen molar-refractivity contribution in [1.82, 2.24) is 14.5 Å². The third-order valence-electron chi connectivity index (χ3n) is 2.65. The van der Waals surface area contributed by atoms with Crippen LogP contribution in [0.3, 0.4) is 0 Å². The van der Waals surface area contributed by atoms with Crippen LogP contribution in [0.2, 0.25) is 0 Å². The zero-order valence-electron chi connectivity index (χ0n) is 9.73. The van der Waals surface area contributed by atoms with Gasteiger partial charge in [0.15, 0.2) is 4.77 Å². The number of H-pyrrole nitrogens is 1. The van der Waals surface area contributed by atoms with Crippen LogP contribution in [0.1, 0.15) is 25.6 Å². The second-order valence-corrected chi connectivity index (χ2v) is 4.03. The number of carbonyl (C=O) groups is 1. The van der Waals surface area contributed by atoms with Crippen LogP contribution in [-0.4, -0.2) is 39.1 Å². The minimum atomic E-state index is -0.397. The Hall–Kier alpha value is -1.14. The number of rotatable bonds is 4. The zero-order chi connectivity index (χ0) is 12.3. The van der Waals surface area contributed by atoms with Gasteiger partial charge < -0.3 is 19.6 Å². The third kappa shape index (κ3) is 2.33. The van der Waals surface area contributed by atoms with E-state index in [1.54, 1.807) is 29.6 Å². The van der Waals surface area contributed by atoms with Crippen LogP contribution in [0.4, 0.5) is 0 Å². The van der Waals surface area contributed by atoms with Gasteiger partial charge in [0.05, 0.1) is 12.3 Å². The molecule has 0 aliphatic heterocycles. The summed E-state index contributed by atoms with van der Waals surface area (Å²) in [6.07, 6.45) is 1.62. The van der Waals surface area contributed by atoms with Crippen molar-refractivity contribution >= 4 is 18.1 Å². The van der Waals surface area contributed by atoms with Crippen molar-refractivity contribution in [3.8, 4) is 0 Å². The molecular formula is C10H17N3O2S. The number of nitrogens with one attached hydrogen (secondary N) is 1. The van der Waals surface area contributed by atoms with Gasteiger partial charge in [-0.3, -0.25) is 4.79 Å². The lowest BCUT2D eigenvalue weighted by Gasteiger charge is -2.21. The van der Waals surface area contributed by atoms with E-state index in [1.807, 2.05) is 6.92 Å². The molecule has 1 atom stereocenters. The van der Waals surface area contributed by atoms with E-state index in [4.69, 9.17) is 17.3 Å². The highest BCUT2D eigenvalue weighted by Gasteiger charge is 2.20. The van der Waals surface area contributed by atoms with Gasteiger partial charge in [0.25, 0.3) is 0 Å². The molecule has 1 unspecified atom stereocenters. The summed E-state index contributed by atoms with van der Waals surface area (Å²) in [6, 6.07) is -0.397. The Morgan fingerprint density at radius 2 is 2.38 bits per heavy atom. The van der Waals surface area contributed by atoms with Crippen LogP contribution in [-0.2, 0) is 11.4 Å². The molecule has 5 nitrogen and oxygen atoms in total. The Morgan fingerprint density at radius 3 is 2.88 bits per heavy atom. The number of hydrogen-bond acceptors (Lipinski definition) is 3. The van der Waals surface area contributed by atoms with Crippen molar-refractivity contribution in [2.75, 3.05) is 13.6 Å². The topological polar surface area (TPSA) is 61.3 Å². The average Bonchev–Trinajstić information content (AvgIpc) is 2.67. The lowest BCUT2D eigenvalue weighted by Crippen LogP contribution is -2.33. The van der Waals surface area contributed by atoms with Crippen molar-refractivity contribution in [3.05, 3.63) is 16.7 Å². The number of aromatic amines is 1. The van der Waals surface area contributed by atoms with Crippen LogP contribution in [0.25, 0.3) is 0 Å². The van der Waals surface area contributed by atoms with Gasteiger partial charge >= 0.3 is 0 Å². The van der Waals surface area contributed by atoms with Crippen molar-refractivity contribution < 1.29 is 9.90 Å². The van der Waals surface area contributed by atoms with Crippen molar-refractivity contribution in [1.29, 1.82) is 0 Å². The van der Waals surface area contributed by atoms with Crippen molar-refractivity contribution in [2.45, 2.75) is 26.5 Å². The van der Waals surface area contributed by atoms with Crippen LogP contribution in [0.15, 0.2) is 6.20 Å². The molecule has 1 rings (SSSR count). The number of carbonyl (C=O) groups excluding carboxylic acids is 1. The molecular weight excluding hydrogens is 226 g/mol. The molecule has 1 aromatic heterocycles. The highest BCUT2D eigenvalue weighted by atomic mass is 32.1. The number of hydrogen-bond donors (Lipinski definition) is 2. The number of imidazole rings is 1. The summed E-state index contributed by atoms with van der Waals surface area (Å²) >= 11 is 5.08. The highest BCUT2D eigenvalue weighted by molar-refractivity contribution is 7.71. The van der Waals surface area contributed by atoms with Crippen molar-refractivity contribution in [3.63, 3.8) is 0 Å². The number of aliphatic hydroxyl groups is 1. The summed E-state index contributed by atoms with van der Waals surface area (Å²) < 4.78 is 2.10. The third-order valence-corrected chi connectivity index (χ3v) is 2.96. The molecule has 6 heteroatoms. The smallest absolute Gasteiger partial charge is 0.245 e. The van der Waals surface area contributed by atoms with Gasteiger partial charge in [-0.05, 0) is 26.1 Å². The molecule has 0 aliphatic carbocycles. The largest absolute Gasteiger partial charge is 0.390 e. The Labute approximate surface area is 99.7 Å². The first-order chi connectivity index (χ1) is 7.52. The Kier molecular flexibility index (Phi) is 4.26. The van der Waals surface area contributed by atoms with Gasteiger partial charge in [-0.2, -0.15) is 0 Å². The maximum absolute atomic E-state index is 12.0. The summed E-state index contributed by atoms with van der Waals surface area (Å²) in [5.74, 6) is -0.0205. The van der Waals surface area contributed by atoms with Gasteiger partial charge in [0, 0.05) is 19.8 Å². The summed E-state index contributed by atoms with van der Waals surface area (Å²) in [5.41, 5.74) is 0.621. The van der Waals surface area contributed by atoms with Crippen LogP contribution in [0.5, 0.6) is 0 Å². The molecule has 1 aromatic rings. The van der Waals surface area contributed by atoms with Gasteiger partial charge in [-0.15, -0.1) is 0 Å². The van der Waals surface area contributed by atoms with E-state index in [1.165, 1.54) is 0 Å². The fourth-order valence-electron chi connectivity index (χ4n) is 1.55. The number of amides is 1. The zero-order valence-corrected chi connectivity index (χ0v) is 10.5.